The predicted octanol–water partition coefficient (Wildman–Crippen LogP) is 2.01. The minimum absolute atomic E-state index is 0.229. The number of benzene rings is 1. The van der Waals surface area contributed by atoms with E-state index in [9.17, 15) is 5.11 Å². The van der Waals surface area contributed by atoms with Gasteiger partial charge < -0.3 is 5.11 Å². The molecule has 1 heterocycles. The Morgan fingerprint density at radius 2 is 2.14 bits per heavy atom. The van der Waals surface area contributed by atoms with Crippen molar-refractivity contribution in [1.82, 2.24) is 4.98 Å². The number of aromatic nitrogens is 1. The maximum atomic E-state index is 9.22. The first-order chi connectivity index (χ1) is 6.79. The highest BCUT2D eigenvalue weighted by molar-refractivity contribution is 5.80. The molecule has 2 aromatic rings. The molecule has 0 amide bonds. The van der Waals surface area contributed by atoms with E-state index in [2.05, 4.69) is 4.98 Å². The Labute approximate surface area is 81.2 Å². The van der Waals surface area contributed by atoms with Crippen LogP contribution in [-0.4, -0.2) is 10.1 Å². The van der Waals surface area contributed by atoms with Crippen molar-refractivity contribution in [2.24, 2.45) is 0 Å². The van der Waals surface area contributed by atoms with Gasteiger partial charge in [0.25, 0.3) is 0 Å². The first-order valence-corrected chi connectivity index (χ1v) is 4.25. The summed E-state index contributed by atoms with van der Waals surface area (Å²) in [6.07, 6.45) is 0.316. The fourth-order valence-electron chi connectivity index (χ4n) is 1.33. The van der Waals surface area contributed by atoms with Crippen LogP contribution in [0.3, 0.4) is 0 Å². The second kappa shape index (κ2) is 3.35. The number of aromatic hydroxyl groups is 1. The molecule has 0 bridgehead atoms. The van der Waals surface area contributed by atoms with Crippen molar-refractivity contribution >= 4 is 10.9 Å². The molecule has 2 rings (SSSR count). The van der Waals surface area contributed by atoms with E-state index in [-0.39, 0.29) is 5.75 Å². The lowest BCUT2D eigenvalue weighted by Crippen LogP contribution is -1.87. The highest BCUT2D eigenvalue weighted by atomic mass is 16.3. The fourth-order valence-corrected chi connectivity index (χ4v) is 1.33. The molecule has 1 aromatic heterocycles. The van der Waals surface area contributed by atoms with Gasteiger partial charge in [-0.1, -0.05) is 6.07 Å². The van der Waals surface area contributed by atoms with Crippen molar-refractivity contribution in [1.29, 1.82) is 5.26 Å². The molecule has 1 aromatic carbocycles. The Morgan fingerprint density at radius 1 is 1.29 bits per heavy atom. The number of nitriles is 1. The molecule has 1 N–H and O–H groups in total. The summed E-state index contributed by atoms with van der Waals surface area (Å²) < 4.78 is 0. The molecule has 0 atom stereocenters. The van der Waals surface area contributed by atoms with Gasteiger partial charge >= 0.3 is 0 Å². The van der Waals surface area contributed by atoms with Gasteiger partial charge in [0.2, 0.25) is 0 Å². The van der Waals surface area contributed by atoms with Crippen LogP contribution in [0.2, 0.25) is 0 Å². The number of rotatable bonds is 1. The number of phenolic OH excluding ortho intramolecular Hbond substituents is 1. The lowest BCUT2D eigenvalue weighted by atomic mass is 10.2. The van der Waals surface area contributed by atoms with E-state index in [4.69, 9.17) is 5.26 Å². The van der Waals surface area contributed by atoms with Crippen LogP contribution >= 0.6 is 0 Å². The van der Waals surface area contributed by atoms with E-state index < -0.39 is 0 Å². The summed E-state index contributed by atoms with van der Waals surface area (Å²) in [5.74, 6) is 0.229. The van der Waals surface area contributed by atoms with Crippen LogP contribution in [0.15, 0.2) is 30.3 Å². The molecule has 0 unspecified atom stereocenters. The van der Waals surface area contributed by atoms with Gasteiger partial charge in [0, 0.05) is 5.39 Å². The van der Waals surface area contributed by atoms with Crippen molar-refractivity contribution in [3.05, 3.63) is 36.0 Å². The molecule has 0 spiro atoms. The van der Waals surface area contributed by atoms with Crippen molar-refractivity contribution in [3.8, 4) is 11.8 Å². The largest absolute Gasteiger partial charge is 0.508 e. The number of hydrogen-bond acceptors (Lipinski definition) is 3. The Hall–Kier alpha value is -2.08. The van der Waals surface area contributed by atoms with E-state index >= 15 is 0 Å². The zero-order valence-corrected chi connectivity index (χ0v) is 7.44. The van der Waals surface area contributed by atoms with E-state index in [0.717, 1.165) is 16.6 Å². The van der Waals surface area contributed by atoms with Gasteiger partial charge in [-0.3, -0.25) is 4.98 Å². The molecule has 68 valence electrons. The monoisotopic (exact) mass is 184 g/mol. The highest BCUT2D eigenvalue weighted by Crippen LogP contribution is 2.18. The molecule has 0 aliphatic carbocycles. The number of nitrogens with zero attached hydrogens (tertiary/aromatic N) is 2. The molecule has 0 radical (unpaired) electrons. The molecule has 0 fully saturated rings. The Balaban J connectivity index is 2.57. The summed E-state index contributed by atoms with van der Waals surface area (Å²) in [6.45, 7) is 0. The first-order valence-electron chi connectivity index (χ1n) is 4.25. The van der Waals surface area contributed by atoms with Gasteiger partial charge in [-0.15, -0.1) is 0 Å². The third-order valence-corrected chi connectivity index (χ3v) is 1.99. The number of hydrogen-bond donors (Lipinski definition) is 1. The van der Waals surface area contributed by atoms with Gasteiger partial charge in [-0.05, 0) is 24.3 Å². The van der Waals surface area contributed by atoms with Gasteiger partial charge in [0.1, 0.15) is 5.75 Å². The second-order valence-electron chi connectivity index (χ2n) is 3.01. The van der Waals surface area contributed by atoms with Crippen LogP contribution in [0, 0.1) is 11.3 Å². The fraction of sp³-hybridized carbons (Fsp3) is 0.0909. The smallest absolute Gasteiger partial charge is 0.116 e. The van der Waals surface area contributed by atoms with Gasteiger partial charge in [-0.2, -0.15) is 5.26 Å². The average molecular weight is 184 g/mol. The van der Waals surface area contributed by atoms with Gasteiger partial charge in [-0.25, -0.2) is 0 Å². The third-order valence-electron chi connectivity index (χ3n) is 1.99. The summed E-state index contributed by atoms with van der Waals surface area (Å²) in [4.78, 5) is 4.27. The molecule has 0 aliphatic heterocycles. The normalized spacial score (nSPS) is 9.93. The highest BCUT2D eigenvalue weighted by Gasteiger charge is 1.98. The SMILES string of the molecule is N#CCc1ccc2cc(O)ccc2n1. The third kappa shape index (κ3) is 1.50. The van der Waals surface area contributed by atoms with Crippen molar-refractivity contribution in [2.45, 2.75) is 6.42 Å². The molecule has 3 nitrogen and oxygen atoms in total. The molecular formula is C11H8N2O. The van der Waals surface area contributed by atoms with Gasteiger partial charge in [0.05, 0.1) is 23.7 Å². The number of phenols is 1. The Kier molecular flexibility index (Phi) is 2.04. The quantitative estimate of drug-likeness (QED) is 0.737. The zero-order chi connectivity index (χ0) is 9.97. The minimum atomic E-state index is 0.229. The van der Waals surface area contributed by atoms with E-state index in [0.29, 0.717) is 6.42 Å². The maximum Gasteiger partial charge on any atom is 0.116 e. The molecule has 0 aliphatic rings. The van der Waals surface area contributed by atoms with Crippen molar-refractivity contribution < 1.29 is 5.11 Å². The van der Waals surface area contributed by atoms with Gasteiger partial charge in [0.15, 0.2) is 0 Å². The van der Waals surface area contributed by atoms with Crippen molar-refractivity contribution in [2.75, 3.05) is 0 Å². The number of fused-ring (bicyclic) bond motifs is 1. The molecule has 3 heteroatoms. The van der Waals surface area contributed by atoms with Crippen LogP contribution in [0.5, 0.6) is 5.75 Å². The minimum Gasteiger partial charge on any atom is -0.508 e. The molecule has 0 saturated carbocycles. The zero-order valence-electron chi connectivity index (χ0n) is 7.44. The average Bonchev–Trinajstić information content (AvgIpc) is 2.19. The topological polar surface area (TPSA) is 56.9 Å². The van der Waals surface area contributed by atoms with Crippen LogP contribution in [0.4, 0.5) is 0 Å². The van der Waals surface area contributed by atoms with Crippen LogP contribution < -0.4 is 0 Å². The Morgan fingerprint density at radius 3 is 2.93 bits per heavy atom. The predicted molar refractivity (Wildman–Crippen MR) is 52.7 cm³/mol. The second-order valence-corrected chi connectivity index (χ2v) is 3.01. The Bertz CT molecular complexity index is 514. The summed E-state index contributed by atoms with van der Waals surface area (Å²) in [6, 6.07) is 10.7. The first kappa shape index (κ1) is 8.52. The lowest BCUT2D eigenvalue weighted by molar-refractivity contribution is 0.476. The lowest BCUT2D eigenvalue weighted by Gasteiger charge is -1.99. The van der Waals surface area contributed by atoms with Crippen molar-refractivity contribution in [3.63, 3.8) is 0 Å². The van der Waals surface area contributed by atoms with E-state index in [1.165, 1.54) is 0 Å². The van der Waals surface area contributed by atoms with E-state index in [1.807, 2.05) is 12.1 Å². The standard InChI is InChI=1S/C11H8N2O/c12-6-5-9-2-1-8-7-10(14)3-4-11(8)13-9/h1-4,7,14H,5H2. The summed E-state index contributed by atoms with van der Waals surface area (Å²) in [5.41, 5.74) is 1.56. The van der Waals surface area contributed by atoms with E-state index in [1.54, 1.807) is 24.3 Å². The summed E-state index contributed by atoms with van der Waals surface area (Å²) in [7, 11) is 0. The van der Waals surface area contributed by atoms with Crippen LogP contribution in [0.1, 0.15) is 5.69 Å². The summed E-state index contributed by atoms with van der Waals surface area (Å²) >= 11 is 0. The molecular weight excluding hydrogens is 176 g/mol. The number of pyridine rings is 1. The van der Waals surface area contributed by atoms with Crippen LogP contribution in [-0.2, 0) is 6.42 Å². The maximum absolute atomic E-state index is 9.22. The van der Waals surface area contributed by atoms with Crippen LogP contribution in [0.25, 0.3) is 10.9 Å². The summed E-state index contributed by atoms with van der Waals surface area (Å²) in [5, 5.41) is 18.6. The molecule has 14 heavy (non-hydrogen) atoms. The molecule has 0 saturated heterocycles.